The van der Waals surface area contributed by atoms with E-state index in [1.54, 1.807) is 17.0 Å². The second-order valence-corrected chi connectivity index (χ2v) is 13.7. The van der Waals surface area contributed by atoms with E-state index < -0.39 is 22.1 Å². The lowest BCUT2D eigenvalue weighted by molar-refractivity contribution is -0.123. The Hall–Kier alpha value is -3.40. The fourth-order valence-electron chi connectivity index (χ4n) is 6.08. The molecule has 2 aromatic carbocycles. The number of nitrogens with one attached hydrogen (secondary N) is 3. The Labute approximate surface area is 261 Å². The van der Waals surface area contributed by atoms with Crippen LogP contribution in [0, 0.1) is 17.2 Å². The third-order valence-corrected chi connectivity index (χ3v) is 10.0. The third-order valence-electron chi connectivity index (χ3n) is 8.52. The molecule has 2 atom stereocenters. The zero-order chi connectivity index (χ0) is 31.5. The Morgan fingerprint density at radius 3 is 2.43 bits per heavy atom. The normalized spacial score (nSPS) is 17.4. The van der Waals surface area contributed by atoms with Gasteiger partial charge in [0.1, 0.15) is 12.1 Å². The molecule has 3 amide bonds. The van der Waals surface area contributed by atoms with Crippen LogP contribution in [-0.2, 0) is 19.6 Å². The number of nitrogens with zero attached hydrogens (tertiary/aromatic N) is 3. The highest BCUT2D eigenvalue weighted by Gasteiger charge is 2.29. The molecule has 3 N–H and O–H groups in total. The van der Waals surface area contributed by atoms with Gasteiger partial charge in [-0.05, 0) is 43.7 Å². The minimum Gasteiger partial charge on any atom is -0.378 e. The highest BCUT2D eigenvalue weighted by atomic mass is 32.2. The van der Waals surface area contributed by atoms with Gasteiger partial charge in [0, 0.05) is 50.2 Å². The van der Waals surface area contributed by atoms with Crippen LogP contribution in [-0.4, -0.2) is 84.3 Å². The molecule has 0 spiro atoms. The lowest BCUT2D eigenvalue weighted by Crippen LogP contribution is -2.55. The predicted octanol–water partition coefficient (Wildman–Crippen LogP) is 3.74. The first-order valence-corrected chi connectivity index (χ1v) is 17.2. The maximum atomic E-state index is 13.3. The van der Waals surface area contributed by atoms with Crippen molar-refractivity contribution in [1.82, 2.24) is 20.3 Å². The summed E-state index contributed by atoms with van der Waals surface area (Å²) in [6.07, 6.45) is 7.46. The number of hydrogen-bond acceptors (Lipinski definition) is 7. The number of sulfonamides is 1. The molecule has 4 rings (SSSR count). The van der Waals surface area contributed by atoms with E-state index in [-0.39, 0.29) is 23.4 Å². The van der Waals surface area contributed by atoms with Crippen LogP contribution < -0.4 is 20.3 Å². The summed E-state index contributed by atoms with van der Waals surface area (Å²) < 4.78 is 34.4. The SMILES string of the molecule is CN(C)c1cccc2c(S(=O)(=O)NCCCCC(C#N)NC(=O)[C@H](CC3CCCCC3)NC(=O)N3CCOCC3)cccc12. The average Bonchev–Trinajstić information content (AvgIpc) is 3.03. The molecule has 0 radical (unpaired) electrons. The van der Waals surface area contributed by atoms with Crippen LogP contribution in [0.3, 0.4) is 0 Å². The van der Waals surface area contributed by atoms with E-state index in [0.717, 1.165) is 36.8 Å². The largest absolute Gasteiger partial charge is 0.378 e. The fourth-order valence-corrected chi connectivity index (χ4v) is 7.38. The molecule has 1 unspecified atom stereocenters. The molecular formula is C32H46N6O5S. The van der Waals surface area contributed by atoms with Gasteiger partial charge in [0.25, 0.3) is 0 Å². The molecule has 1 saturated heterocycles. The third kappa shape index (κ3) is 9.06. The van der Waals surface area contributed by atoms with Crippen LogP contribution in [0.25, 0.3) is 10.8 Å². The zero-order valence-electron chi connectivity index (χ0n) is 25.9. The zero-order valence-corrected chi connectivity index (χ0v) is 26.7. The molecule has 44 heavy (non-hydrogen) atoms. The molecule has 2 aromatic rings. The molecule has 0 bridgehead atoms. The molecular weight excluding hydrogens is 580 g/mol. The van der Waals surface area contributed by atoms with Crippen molar-refractivity contribution in [2.24, 2.45) is 5.92 Å². The number of ether oxygens (including phenoxy) is 1. The number of anilines is 1. The minimum atomic E-state index is -3.76. The van der Waals surface area contributed by atoms with Crippen molar-refractivity contribution in [2.75, 3.05) is 51.8 Å². The Morgan fingerprint density at radius 2 is 1.73 bits per heavy atom. The van der Waals surface area contributed by atoms with E-state index in [9.17, 15) is 23.3 Å². The first-order chi connectivity index (χ1) is 21.2. The number of unbranched alkanes of at least 4 members (excludes halogenated alkanes) is 1. The summed E-state index contributed by atoms with van der Waals surface area (Å²) in [5.74, 6) is 0.00624. The van der Waals surface area contributed by atoms with Gasteiger partial charge < -0.3 is 25.2 Å². The number of amides is 3. The van der Waals surface area contributed by atoms with Gasteiger partial charge in [0.2, 0.25) is 15.9 Å². The highest BCUT2D eigenvalue weighted by Crippen LogP contribution is 2.30. The first kappa shape index (κ1) is 33.5. The number of carbonyl (C=O) groups excluding carboxylic acids is 2. The monoisotopic (exact) mass is 626 g/mol. The highest BCUT2D eigenvalue weighted by molar-refractivity contribution is 7.89. The summed E-state index contributed by atoms with van der Waals surface area (Å²) in [6, 6.07) is 11.3. The molecule has 1 saturated carbocycles. The maximum absolute atomic E-state index is 13.3. The van der Waals surface area contributed by atoms with Crippen LogP contribution >= 0.6 is 0 Å². The molecule has 0 aromatic heterocycles. The summed E-state index contributed by atoms with van der Waals surface area (Å²) in [5, 5.41) is 17.0. The van der Waals surface area contributed by atoms with E-state index in [1.807, 2.05) is 43.3 Å². The summed E-state index contributed by atoms with van der Waals surface area (Å²) in [5.41, 5.74) is 0.936. The number of nitriles is 1. The van der Waals surface area contributed by atoms with Gasteiger partial charge in [-0.25, -0.2) is 17.9 Å². The predicted molar refractivity (Wildman–Crippen MR) is 171 cm³/mol. The number of hydrogen-bond donors (Lipinski definition) is 3. The van der Waals surface area contributed by atoms with E-state index in [0.29, 0.717) is 63.3 Å². The van der Waals surface area contributed by atoms with Crippen molar-refractivity contribution < 1.29 is 22.7 Å². The standard InChI is InChI=1S/C32H46N6O5S/c1-37(2)29-15-8-14-27-26(29)13-9-16-30(27)44(41,42)34-17-7-6-12-25(23-33)35-31(39)28(22-24-10-4-3-5-11-24)36-32(40)38-18-20-43-21-19-38/h8-9,13-16,24-25,28,34H,3-7,10-12,17-22H2,1-2H3,(H,35,39)(H,36,40)/t25?,28-/m0/s1. The molecule has 240 valence electrons. The van der Waals surface area contributed by atoms with E-state index >= 15 is 0 Å². The lowest BCUT2D eigenvalue weighted by Gasteiger charge is -2.31. The van der Waals surface area contributed by atoms with Crippen molar-refractivity contribution in [2.45, 2.75) is 74.8 Å². The van der Waals surface area contributed by atoms with Crippen LogP contribution in [0.5, 0.6) is 0 Å². The quantitative estimate of drug-likeness (QED) is 0.287. The Morgan fingerprint density at radius 1 is 1.02 bits per heavy atom. The van der Waals surface area contributed by atoms with Crippen molar-refractivity contribution in [3.63, 3.8) is 0 Å². The number of carbonyl (C=O) groups is 2. The van der Waals surface area contributed by atoms with Crippen molar-refractivity contribution in [3.8, 4) is 6.07 Å². The minimum absolute atomic E-state index is 0.206. The molecule has 1 aliphatic heterocycles. The van der Waals surface area contributed by atoms with Gasteiger partial charge in [-0.1, -0.05) is 56.4 Å². The molecule has 2 aliphatic rings. The summed E-state index contributed by atoms with van der Waals surface area (Å²) in [6.45, 7) is 2.10. The van der Waals surface area contributed by atoms with Gasteiger partial charge in [-0.3, -0.25) is 4.79 Å². The van der Waals surface area contributed by atoms with Crippen LogP contribution in [0.15, 0.2) is 41.3 Å². The first-order valence-electron chi connectivity index (χ1n) is 15.7. The Bertz CT molecular complexity index is 1410. The van der Waals surface area contributed by atoms with Gasteiger partial charge in [0.05, 0.1) is 24.2 Å². The van der Waals surface area contributed by atoms with Crippen LogP contribution in [0.2, 0.25) is 0 Å². The van der Waals surface area contributed by atoms with E-state index in [2.05, 4.69) is 21.4 Å². The van der Waals surface area contributed by atoms with Crippen molar-refractivity contribution >= 4 is 38.4 Å². The van der Waals surface area contributed by atoms with E-state index in [1.165, 1.54) is 6.42 Å². The number of fused-ring (bicyclic) bond motifs is 1. The molecule has 12 heteroatoms. The number of morpholine rings is 1. The smallest absolute Gasteiger partial charge is 0.318 e. The van der Waals surface area contributed by atoms with Gasteiger partial charge >= 0.3 is 6.03 Å². The Balaban J connectivity index is 1.29. The molecule has 1 aliphatic carbocycles. The fraction of sp³-hybridized carbons (Fsp3) is 0.594. The van der Waals surface area contributed by atoms with Crippen LogP contribution in [0.4, 0.5) is 10.5 Å². The van der Waals surface area contributed by atoms with E-state index in [4.69, 9.17) is 4.74 Å². The molecule has 2 fully saturated rings. The second-order valence-electron chi connectivity index (χ2n) is 11.9. The summed E-state index contributed by atoms with van der Waals surface area (Å²) >= 11 is 0. The topological polar surface area (TPSA) is 144 Å². The van der Waals surface area contributed by atoms with Gasteiger partial charge in [0.15, 0.2) is 0 Å². The van der Waals surface area contributed by atoms with Crippen molar-refractivity contribution in [1.29, 1.82) is 5.26 Å². The van der Waals surface area contributed by atoms with Crippen LogP contribution in [0.1, 0.15) is 57.8 Å². The Kier molecular flexibility index (Phi) is 12.2. The summed E-state index contributed by atoms with van der Waals surface area (Å²) in [7, 11) is 0.0841. The van der Waals surface area contributed by atoms with Gasteiger partial charge in [-0.2, -0.15) is 5.26 Å². The number of urea groups is 1. The lowest BCUT2D eigenvalue weighted by atomic mass is 9.84. The second kappa shape index (κ2) is 16.1. The van der Waals surface area contributed by atoms with Crippen molar-refractivity contribution in [3.05, 3.63) is 36.4 Å². The molecule has 11 nitrogen and oxygen atoms in total. The summed E-state index contributed by atoms with van der Waals surface area (Å²) in [4.78, 5) is 30.1. The molecule has 1 heterocycles. The van der Waals surface area contributed by atoms with Gasteiger partial charge in [-0.15, -0.1) is 0 Å². The maximum Gasteiger partial charge on any atom is 0.318 e. The average molecular weight is 627 g/mol. The number of benzene rings is 2. The number of rotatable bonds is 13.